The van der Waals surface area contributed by atoms with Crippen LogP contribution in [-0.2, 0) is 37.8 Å². The Morgan fingerprint density at radius 2 is 1.85 bits per heavy atom. The topological polar surface area (TPSA) is 102 Å². The molecular formula is C23H34N4O5S. The molecule has 9 nitrogen and oxygen atoms in total. The quantitative estimate of drug-likeness (QED) is 0.567. The Balaban J connectivity index is 1.65. The zero-order valence-corrected chi connectivity index (χ0v) is 21.1. The minimum absolute atomic E-state index is 0.0722. The summed E-state index contributed by atoms with van der Waals surface area (Å²) in [4.78, 5) is 31.8. The molecule has 1 aromatic carbocycles. The molecule has 0 N–H and O–H groups in total. The lowest BCUT2D eigenvalue weighted by Crippen LogP contribution is -2.51. The molecule has 182 valence electrons. The number of benzene rings is 1. The number of hydrogen-bond acceptors (Lipinski definition) is 6. The maximum Gasteiger partial charge on any atom is 0.307 e. The van der Waals surface area contributed by atoms with Crippen molar-refractivity contribution >= 4 is 32.9 Å². The van der Waals surface area contributed by atoms with E-state index in [1.807, 2.05) is 30.4 Å². The molecule has 1 fully saturated rings. The molecule has 2 aromatic rings. The zero-order chi connectivity index (χ0) is 24.5. The number of sulfonamides is 1. The van der Waals surface area contributed by atoms with Crippen LogP contribution in [0.4, 0.5) is 0 Å². The zero-order valence-electron chi connectivity index (χ0n) is 20.2. The number of imidazole rings is 1. The molecule has 1 amide bonds. The molecule has 0 aliphatic carbocycles. The molecule has 1 saturated heterocycles. The van der Waals surface area contributed by atoms with Crippen molar-refractivity contribution in [2.24, 2.45) is 7.05 Å². The van der Waals surface area contributed by atoms with E-state index < -0.39 is 22.1 Å². The monoisotopic (exact) mass is 478 g/mol. The van der Waals surface area contributed by atoms with Crippen LogP contribution < -0.4 is 0 Å². The minimum atomic E-state index is -3.56. The van der Waals surface area contributed by atoms with Crippen LogP contribution in [0, 0.1) is 0 Å². The largest absolute Gasteiger partial charge is 0.453 e. The first kappa shape index (κ1) is 25.2. The summed E-state index contributed by atoms with van der Waals surface area (Å²) in [5.74, 6) is 0.0233. The Hall–Kier alpha value is -2.46. The van der Waals surface area contributed by atoms with Gasteiger partial charge in [-0.1, -0.05) is 0 Å². The molecule has 10 heteroatoms. The molecule has 0 radical (unpaired) electrons. The number of likely N-dealkylation sites (tertiary alicyclic amines) is 1. The summed E-state index contributed by atoms with van der Waals surface area (Å²) in [5, 5.41) is 0. The minimum Gasteiger partial charge on any atom is -0.453 e. The Morgan fingerprint density at radius 1 is 1.21 bits per heavy atom. The fourth-order valence-corrected chi connectivity index (χ4v) is 5.33. The SMILES string of the molecule is C[C@@H]1CCC[C@H](C)N1C(=O)[C@@H](C)OC(=O)CCc1nc2cc(S(=O)(=O)N(C)C)ccc2n1C. The van der Waals surface area contributed by atoms with Crippen molar-refractivity contribution in [1.29, 1.82) is 0 Å². The van der Waals surface area contributed by atoms with Gasteiger partial charge >= 0.3 is 5.97 Å². The number of aromatic nitrogens is 2. The molecule has 1 aliphatic heterocycles. The van der Waals surface area contributed by atoms with E-state index in [9.17, 15) is 18.0 Å². The lowest BCUT2D eigenvalue weighted by atomic mass is 9.97. The Bertz CT molecular complexity index is 1130. The molecule has 33 heavy (non-hydrogen) atoms. The van der Waals surface area contributed by atoms with Crippen LogP contribution in [0.3, 0.4) is 0 Å². The number of amides is 1. The van der Waals surface area contributed by atoms with Gasteiger partial charge in [0.1, 0.15) is 5.82 Å². The molecule has 0 unspecified atom stereocenters. The van der Waals surface area contributed by atoms with Crippen molar-refractivity contribution in [3.05, 3.63) is 24.0 Å². The number of ether oxygens (including phenoxy) is 1. The molecule has 2 heterocycles. The van der Waals surface area contributed by atoms with E-state index in [0.29, 0.717) is 17.8 Å². The van der Waals surface area contributed by atoms with Gasteiger partial charge in [0.05, 0.1) is 22.3 Å². The highest BCUT2D eigenvalue weighted by atomic mass is 32.2. The maximum absolute atomic E-state index is 12.8. The van der Waals surface area contributed by atoms with E-state index in [4.69, 9.17) is 4.74 Å². The molecule has 1 aliphatic rings. The highest BCUT2D eigenvalue weighted by molar-refractivity contribution is 7.89. The fourth-order valence-electron chi connectivity index (χ4n) is 4.41. The van der Waals surface area contributed by atoms with Crippen molar-refractivity contribution in [1.82, 2.24) is 18.8 Å². The highest BCUT2D eigenvalue weighted by Crippen LogP contribution is 2.24. The number of fused-ring (bicyclic) bond motifs is 1. The third-order valence-corrected chi connectivity index (χ3v) is 8.19. The number of carbonyl (C=O) groups is 2. The van der Waals surface area contributed by atoms with Gasteiger partial charge in [0, 0.05) is 39.6 Å². The molecule has 3 rings (SSSR count). The summed E-state index contributed by atoms with van der Waals surface area (Å²) in [7, 11) is 1.22. The summed E-state index contributed by atoms with van der Waals surface area (Å²) in [6.07, 6.45) is 2.57. The smallest absolute Gasteiger partial charge is 0.307 e. The number of nitrogens with zero attached hydrogens (tertiary/aromatic N) is 4. The number of carbonyl (C=O) groups excluding carboxylic acids is 2. The normalized spacial score (nSPS) is 20.3. The van der Waals surface area contributed by atoms with Gasteiger partial charge < -0.3 is 14.2 Å². The highest BCUT2D eigenvalue weighted by Gasteiger charge is 2.33. The average Bonchev–Trinajstić information content (AvgIpc) is 3.06. The summed E-state index contributed by atoms with van der Waals surface area (Å²) in [5.41, 5.74) is 1.31. The van der Waals surface area contributed by atoms with E-state index >= 15 is 0 Å². The van der Waals surface area contributed by atoms with Crippen molar-refractivity contribution < 1.29 is 22.7 Å². The second-order valence-corrected chi connectivity index (χ2v) is 11.2. The first-order chi connectivity index (χ1) is 15.4. The first-order valence-corrected chi connectivity index (χ1v) is 12.8. The predicted octanol–water partition coefficient (Wildman–Crippen LogP) is 2.48. The van der Waals surface area contributed by atoms with Crippen molar-refractivity contribution in [2.45, 2.75) is 76.0 Å². The van der Waals surface area contributed by atoms with Gasteiger partial charge in [-0.25, -0.2) is 17.7 Å². The molecular weight excluding hydrogens is 444 g/mol. The van der Waals surface area contributed by atoms with Crippen molar-refractivity contribution in [2.75, 3.05) is 14.1 Å². The molecule has 1 aromatic heterocycles. The third kappa shape index (κ3) is 5.22. The van der Waals surface area contributed by atoms with E-state index in [-0.39, 0.29) is 29.3 Å². The number of rotatable bonds is 7. The van der Waals surface area contributed by atoms with Gasteiger partial charge in [-0.3, -0.25) is 9.59 Å². The summed E-state index contributed by atoms with van der Waals surface area (Å²) in [6.45, 7) is 5.68. The molecule has 0 spiro atoms. The second kappa shape index (κ2) is 9.80. The van der Waals surface area contributed by atoms with Gasteiger partial charge in [0.25, 0.3) is 5.91 Å². The average molecular weight is 479 g/mol. The van der Waals surface area contributed by atoms with Gasteiger partial charge in [-0.05, 0) is 58.2 Å². The van der Waals surface area contributed by atoms with Crippen molar-refractivity contribution in [3.63, 3.8) is 0 Å². The fraction of sp³-hybridized carbons (Fsp3) is 0.609. The van der Waals surface area contributed by atoms with Crippen LogP contribution >= 0.6 is 0 Å². The lowest BCUT2D eigenvalue weighted by Gasteiger charge is -2.40. The first-order valence-electron chi connectivity index (χ1n) is 11.3. The number of hydrogen-bond donors (Lipinski definition) is 0. The standard InChI is InChI=1S/C23H34N4O5S/c1-15-8-7-9-16(2)27(15)23(29)17(3)32-22(28)13-12-21-24-19-14-18(33(30,31)25(4)5)10-11-20(19)26(21)6/h10-11,14-17H,7-9,12-13H2,1-6H3/t15-,16+,17-/m1/s1. The van der Waals surface area contributed by atoms with E-state index in [0.717, 1.165) is 29.1 Å². The molecule has 3 atom stereocenters. The van der Waals surface area contributed by atoms with Crippen LogP contribution in [-0.4, -0.2) is 71.3 Å². The van der Waals surface area contributed by atoms with Crippen LogP contribution in [0.25, 0.3) is 11.0 Å². The van der Waals surface area contributed by atoms with E-state index in [2.05, 4.69) is 4.98 Å². The van der Waals surface area contributed by atoms with Crippen molar-refractivity contribution in [3.8, 4) is 0 Å². The Morgan fingerprint density at radius 3 is 2.45 bits per heavy atom. The Kier molecular flexibility index (Phi) is 7.48. The molecule has 0 saturated carbocycles. The summed E-state index contributed by atoms with van der Waals surface area (Å²) in [6, 6.07) is 5.08. The van der Waals surface area contributed by atoms with Gasteiger partial charge in [-0.2, -0.15) is 0 Å². The van der Waals surface area contributed by atoms with Crippen LogP contribution in [0.1, 0.15) is 52.3 Å². The van der Waals surface area contributed by atoms with E-state index in [1.165, 1.54) is 20.2 Å². The maximum atomic E-state index is 12.8. The second-order valence-electron chi connectivity index (χ2n) is 9.03. The lowest BCUT2D eigenvalue weighted by molar-refractivity contribution is -0.162. The molecule has 0 bridgehead atoms. The van der Waals surface area contributed by atoms with Crippen LogP contribution in [0.2, 0.25) is 0 Å². The third-order valence-electron chi connectivity index (χ3n) is 6.38. The number of esters is 1. The predicted molar refractivity (Wildman–Crippen MR) is 125 cm³/mol. The van der Waals surface area contributed by atoms with Gasteiger partial charge in [0.15, 0.2) is 6.10 Å². The van der Waals surface area contributed by atoms with Gasteiger partial charge in [0.2, 0.25) is 10.0 Å². The number of aryl methyl sites for hydroxylation is 2. The number of piperidine rings is 1. The van der Waals surface area contributed by atoms with E-state index in [1.54, 1.807) is 19.1 Å². The van der Waals surface area contributed by atoms with Crippen LogP contribution in [0.15, 0.2) is 23.1 Å². The summed E-state index contributed by atoms with van der Waals surface area (Å²) >= 11 is 0. The Labute approximate surface area is 195 Å². The van der Waals surface area contributed by atoms with Crippen LogP contribution in [0.5, 0.6) is 0 Å². The summed E-state index contributed by atoms with van der Waals surface area (Å²) < 4.78 is 33.2. The van der Waals surface area contributed by atoms with Gasteiger partial charge in [-0.15, -0.1) is 0 Å².